The number of carbonyl (C=O) groups excluding carboxylic acids is 1. The number of nitrogens with zero attached hydrogens (tertiary/aromatic N) is 1. The van der Waals surface area contributed by atoms with Gasteiger partial charge in [0.25, 0.3) is 5.69 Å². The van der Waals surface area contributed by atoms with Crippen molar-refractivity contribution in [3.63, 3.8) is 0 Å². The lowest BCUT2D eigenvalue weighted by Gasteiger charge is -2.14. The molecule has 0 aliphatic rings. The average molecular weight is 374 g/mol. The number of amides is 1. The number of aliphatic hydroxyl groups excluding tert-OH is 1. The molecule has 0 saturated heterocycles. The fraction of sp³-hybridized carbons (Fsp3) is 0.278. The molecule has 0 aliphatic heterocycles. The van der Waals surface area contributed by atoms with Crippen LogP contribution in [0.15, 0.2) is 42.5 Å². The summed E-state index contributed by atoms with van der Waals surface area (Å²) in [7, 11) is 0. The number of hydrogen-bond acceptors (Lipinski definition) is 7. The molecule has 2 aromatic carbocycles. The van der Waals surface area contributed by atoms with Gasteiger partial charge in [0.15, 0.2) is 0 Å². The second-order valence-electron chi connectivity index (χ2n) is 5.47. The minimum Gasteiger partial charge on any atom is -0.492 e. The molecule has 0 aromatic heterocycles. The molecule has 2 aromatic rings. The Hall–Kier alpha value is -3.33. The van der Waals surface area contributed by atoms with Crippen LogP contribution in [0, 0.1) is 10.1 Å². The fourth-order valence-corrected chi connectivity index (χ4v) is 2.36. The average Bonchev–Trinajstić information content (AvgIpc) is 2.66. The van der Waals surface area contributed by atoms with Crippen molar-refractivity contribution in [1.82, 2.24) is 0 Å². The van der Waals surface area contributed by atoms with Crippen LogP contribution in [-0.2, 0) is 4.79 Å². The molecule has 0 aliphatic carbocycles. The van der Waals surface area contributed by atoms with Gasteiger partial charge in [-0.2, -0.15) is 0 Å². The van der Waals surface area contributed by atoms with Crippen LogP contribution in [0.1, 0.15) is 6.92 Å². The van der Waals surface area contributed by atoms with Gasteiger partial charge in [0.2, 0.25) is 5.91 Å². The van der Waals surface area contributed by atoms with Crippen molar-refractivity contribution in [1.29, 1.82) is 0 Å². The van der Waals surface area contributed by atoms with E-state index < -0.39 is 4.92 Å². The van der Waals surface area contributed by atoms with Gasteiger partial charge in [-0.15, -0.1) is 0 Å². The van der Waals surface area contributed by atoms with Gasteiger partial charge in [0, 0.05) is 18.7 Å². The Kier molecular flexibility index (Phi) is 7.38. The van der Waals surface area contributed by atoms with E-state index in [1.807, 2.05) is 6.92 Å². The summed E-state index contributed by atoms with van der Waals surface area (Å²) < 4.78 is 5.46. The van der Waals surface area contributed by atoms with Crippen molar-refractivity contribution in [3.05, 3.63) is 52.6 Å². The number of nitro benzene ring substituents is 1. The zero-order chi connectivity index (χ0) is 19.6. The van der Waals surface area contributed by atoms with Gasteiger partial charge in [0.1, 0.15) is 5.75 Å². The van der Waals surface area contributed by atoms with Crippen molar-refractivity contribution in [2.45, 2.75) is 6.92 Å². The standard InChI is InChI=1S/C18H22N4O5/c1-2-27-17-6-4-3-5-15(17)21-18(24)12-20-16-11-13(22(25)26)7-8-14(16)19-9-10-23/h3-8,11,19-20,23H,2,9-10,12H2,1H3,(H,21,24). The van der Waals surface area contributed by atoms with Crippen LogP contribution in [0.3, 0.4) is 0 Å². The third kappa shape index (κ3) is 5.86. The Balaban J connectivity index is 2.07. The smallest absolute Gasteiger partial charge is 0.271 e. The number of benzene rings is 2. The maximum Gasteiger partial charge on any atom is 0.271 e. The van der Waals surface area contributed by atoms with Crippen LogP contribution in [0.4, 0.5) is 22.7 Å². The summed E-state index contributed by atoms with van der Waals surface area (Å²) in [5.41, 5.74) is 1.39. The molecule has 0 fully saturated rings. The number of nitro groups is 1. The number of para-hydroxylation sites is 2. The van der Waals surface area contributed by atoms with Crippen LogP contribution >= 0.6 is 0 Å². The summed E-state index contributed by atoms with van der Waals surface area (Å²) in [6.45, 7) is 2.41. The minimum atomic E-state index is -0.514. The van der Waals surface area contributed by atoms with Crippen molar-refractivity contribution >= 4 is 28.7 Å². The summed E-state index contributed by atoms with van der Waals surface area (Å²) in [6.07, 6.45) is 0. The Bertz CT molecular complexity index is 797. The maximum absolute atomic E-state index is 12.3. The van der Waals surface area contributed by atoms with Crippen LogP contribution < -0.4 is 20.7 Å². The molecule has 144 valence electrons. The van der Waals surface area contributed by atoms with E-state index in [-0.39, 0.29) is 31.3 Å². The topological polar surface area (TPSA) is 126 Å². The van der Waals surface area contributed by atoms with Gasteiger partial charge in [0.05, 0.1) is 41.7 Å². The van der Waals surface area contributed by atoms with Crippen LogP contribution in [0.25, 0.3) is 0 Å². The normalized spacial score (nSPS) is 10.1. The third-order valence-electron chi connectivity index (χ3n) is 3.54. The molecular formula is C18H22N4O5. The van der Waals surface area contributed by atoms with Gasteiger partial charge in [-0.3, -0.25) is 14.9 Å². The number of hydrogen-bond donors (Lipinski definition) is 4. The molecule has 0 unspecified atom stereocenters. The van der Waals surface area contributed by atoms with E-state index in [0.29, 0.717) is 29.4 Å². The molecule has 27 heavy (non-hydrogen) atoms. The summed E-state index contributed by atoms with van der Waals surface area (Å²) in [4.78, 5) is 22.7. The number of anilines is 3. The second kappa shape index (κ2) is 9.97. The molecule has 1 amide bonds. The van der Waals surface area contributed by atoms with E-state index in [2.05, 4.69) is 16.0 Å². The lowest BCUT2D eigenvalue weighted by Crippen LogP contribution is -2.22. The summed E-state index contributed by atoms with van der Waals surface area (Å²) >= 11 is 0. The number of nitrogens with one attached hydrogen (secondary N) is 3. The molecule has 0 heterocycles. The quantitative estimate of drug-likeness (QED) is 0.372. The lowest BCUT2D eigenvalue weighted by molar-refractivity contribution is -0.384. The monoisotopic (exact) mass is 374 g/mol. The first kappa shape index (κ1) is 20.0. The number of aliphatic hydroxyl groups is 1. The highest BCUT2D eigenvalue weighted by Gasteiger charge is 2.13. The van der Waals surface area contributed by atoms with E-state index in [1.165, 1.54) is 18.2 Å². The molecule has 0 bridgehead atoms. The van der Waals surface area contributed by atoms with Gasteiger partial charge in [-0.25, -0.2) is 0 Å². The lowest BCUT2D eigenvalue weighted by atomic mass is 10.2. The van der Waals surface area contributed by atoms with Gasteiger partial charge >= 0.3 is 0 Å². The van der Waals surface area contributed by atoms with Crippen molar-refractivity contribution < 1.29 is 19.6 Å². The van der Waals surface area contributed by atoms with Gasteiger partial charge in [-0.1, -0.05) is 12.1 Å². The first-order chi connectivity index (χ1) is 13.0. The second-order valence-corrected chi connectivity index (χ2v) is 5.47. The first-order valence-corrected chi connectivity index (χ1v) is 8.44. The van der Waals surface area contributed by atoms with E-state index in [0.717, 1.165) is 0 Å². The third-order valence-corrected chi connectivity index (χ3v) is 3.54. The van der Waals surface area contributed by atoms with Crippen molar-refractivity contribution in [3.8, 4) is 5.75 Å². The molecular weight excluding hydrogens is 352 g/mol. The van der Waals surface area contributed by atoms with Crippen LogP contribution in [0.2, 0.25) is 0 Å². The Morgan fingerprint density at radius 1 is 1.15 bits per heavy atom. The molecule has 0 spiro atoms. The fourth-order valence-electron chi connectivity index (χ4n) is 2.36. The number of rotatable bonds is 10. The summed E-state index contributed by atoms with van der Waals surface area (Å²) in [5, 5.41) is 28.5. The number of ether oxygens (including phenoxy) is 1. The van der Waals surface area contributed by atoms with Gasteiger partial charge < -0.3 is 25.8 Å². The molecule has 9 heteroatoms. The maximum atomic E-state index is 12.3. The highest BCUT2D eigenvalue weighted by Crippen LogP contribution is 2.27. The SMILES string of the molecule is CCOc1ccccc1NC(=O)CNc1cc([N+](=O)[O-])ccc1NCCO. The van der Waals surface area contributed by atoms with Gasteiger partial charge in [-0.05, 0) is 25.1 Å². The molecule has 9 nitrogen and oxygen atoms in total. The van der Waals surface area contributed by atoms with Crippen LogP contribution in [-0.4, -0.2) is 42.2 Å². The molecule has 2 rings (SSSR count). The predicted octanol–water partition coefficient (Wildman–Crippen LogP) is 2.45. The van der Waals surface area contributed by atoms with Crippen molar-refractivity contribution in [2.24, 2.45) is 0 Å². The highest BCUT2D eigenvalue weighted by atomic mass is 16.6. The predicted molar refractivity (Wildman–Crippen MR) is 103 cm³/mol. The largest absolute Gasteiger partial charge is 0.492 e. The molecule has 0 radical (unpaired) electrons. The Morgan fingerprint density at radius 3 is 2.63 bits per heavy atom. The molecule has 0 atom stereocenters. The van der Waals surface area contributed by atoms with E-state index in [9.17, 15) is 14.9 Å². The van der Waals surface area contributed by atoms with Crippen LogP contribution in [0.5, 0.6) is 5.75 Å². The minimum absolute atomic E-state index is 0.0921. The molecule has 4 N–H and O–H groups in total. The number of non-ortho nitro benzene ring substituents is 1. The zero-order valence-electron chi connectivity index (χ0n) is 14.9. The van der Waals surface area contributed by atoms with E-state index in [1.54, 1.807) is 24.3 Å². The summed E-state index contributed by atoms with van der Waals surface area (Å²) in [5.74, 6) is 0.232. The van der Waals surface area contributed by atoms with Crippen molar-refractivity contribution in [2.75, 3.05) is 42.3 Å². The summed E-state index contributed by atoms with van der Waals surface area (Å²) in [6, 6.07) is 11.3. The Morgan fingerprint density at radius 2 is 1.93 bits per heavy atom. The number of carbonyl (C=O) groups is 1. The Labute approximate surface area is 156 Å². The molecule has 0 saturated carbocycles. The first-order valence-electron chi connectivity index (χ1n) is 8.44. The highest BCUT2D eigenvalue weighted by molar-refractivity contribution is 5.95. The van der Waals surface area contributed by atoms with E-state index >= 15 is 0 Å². The van der Waals surface area contributed by atoms with E-state index in [4.69, 9.17) is 9.84 Å². The zero-order valence-corrected chi connectivity index (χ0v) is 14.9.